The van der Waals surface area contributed by atoms with Crippen molar-refractivity contribution in [1.82, 2.24) is 0 Å². The summed E-state index contributed by atoms with van der Waals surface area (Å²) in [5.74, 6) is 1.39. The van der Waals surface area contributed by atoms with Crippen LogP contribution >= 0.6 is 27.5 Å². The Morgan fingerprint density at radius 3 is 2.20 bits per heavy atom. The molecule has 0 saturated heterocycles. The van der Waals surface area contributed by atoms with Gasteiger partial charge in [-0.25, -0.2) is 0 Å². The zero-order valence-electron chi connectivity index (χ0n) is 13.9. The molecule has 0 atom stereocenters. The summed E-state index contributed by atoms with van der Waals surface area (Å²) in [6.45, 7) is -0.196. The summed E-state index contributed by atoms with van der Waals surface area (Å²) >= 11 is 9.36. The zero-order valence-corrected chi connectivity index (χ0v) is 16.2. The number of hydrogen-bond donors (Lipinski definition) is 1. The first kappa shape index (κ1) is 19.2. The number of hydrogen-bond acceptors (Lipinski definition) is 5. The van der Waals surface area contributed by atoms with Crippen LogP contribution in [0.15, 0.2) is 34.8 Å². The van der Waals surface area contributed by atoms with E-state index < -0.39 is 0 Å². The molecule has 0 spiro atoms. The summed E-state index contributed by atoms with van der Waals surface area (Å²) in [7, 11) is 4.51. The van der Waals surface area contributed by atoms with Gasteiger partial charge in [0.2, 0.25) is 5.75 Å². The first-order valence-corrected chi connectivity index (χ1v) is 8.33. The first-order valence-electron chi connectivity index (χ1n) is 7.16. The van der Waals surface area contributed by atoms with Gasteiger partial charge >= 0.3 is 0 Å². The molecule has 0 saturated carbocycles. The van der Waals surface area contributed by atoms with Gasteiger partial charge in [0.05, 0.1) is 26.4 Å². The van der Waals surface area contributed by atoms with Gasteiger partial charge in [0, 0.05) is 22.3 Å². The molecule has 25 heavy (non-hydrogen) atoms. The number of carbonyl (C=O) groups is 1. The molecule has 0 fully saturated rings. The number of carbonyl (C=O) groups excluding carboxylic acids is 1. The molecule has 1 N–H and O–H groups in total. The number of ether oxygens (including phenoxy) is 4. The second-order valence-electron chi connectivity index (χ2n) is 4.83. The van der Waals surface area contributed by atoms with Crippen LogP contribution < -0.4 is 24.3 Å². The van der Waals surface area contributed by atoms with E-state index in [9.17, 15) is 4.79 Å². The topological polar surface area (TPSA) is 66.0 Å². The van der Waals surface area contributed by atoms with Crippen molar-refractivity contribution in [2.24, 2.45) is 0 Å². The Hall–Kier alpha value is -2.12. The van der Waals surface area contributed by atoms with Crippen LogP contribution in [0, 0.1) is 0 Å². The fraction of sp³-hybridized carbons (Fsp3) is 0.235. The SMILES string of the molecule is COc1cc(NC(=O)COc2ccc(Br)cc2Cl)cc(OC)c1OC. The number of halogens is 2. The van der Waals surface area contributed by atoms with Crippen LogP contribution in [0.25, 0.3) is 0 Å². The summed E-state index contributed by atoms with van der Waals surface area (Å²) in [6, 6.07) is 8.41. The smallest absolute Gasteiger partial charge is 0.262 e. The van der Waals surface area contributed by atoms with Crippen LogP contribution in [-0.2, 0) is 4.79 Å². The van der Waals surface area contributed by atoms with Crippen LogP contribution in [0.5, 0.6) is 23.0 Å². The minimum Gasteiger partial charge on any atom is -0.493 e. The molecule has 0 unspecified atom stereocenters. The second-order valence-corrected chi connectivity index (χ2v) is 6.15. The van der Waals surface area contributed by atoms with Crippen LogP contribution in [0.4, 0.5) is 5.69 Å². The van der Waals surface area contributed by atoms with Crippen molar-refractivity contribution in [2.75, 3.05) is 33.3 Å². The standard InChI is InChI=1S/C17H17BrClNO5/c1-22-14-7-11(8-15(23-2)17(14)24-3)20-16(21)9-25-13-5-4-10(18)6-12(13)19/h4-8H,9H2,1-3H3,(H,20,21). The fourth-order valence-corrected chi connectivity index (χ4v) is 2.81. The Bertz CT molecular complexity index is 744. The van der Waals surface area contributed by atoms with Gasteiger partial charge in [-0.15, -0.1) is 0 Å². The van der Waals surface area contributed by atoms with Crippen LogP contribution in [0.3, 0.4) is 0 Å². The highest BCUT2D eigenvalue weighted by Gasteiger charge is 2.15. The van der Waals surface area contributed by atoms with E-state index in [4.69, 9.17) is 30.5 Å². The summed E-state index contributed by atoms with van der Waals surface area (Å²) in [5, 5.41) is 3.12. The van der Waals surface area contributed by atoms with Gasteiger partial charge in [-0.2, -0.15) is 0 Å². The highest BCUT2D eigenvalue weighted by atomic mass is 79.9. The summed E-state index contributed by atoms with van der Waals surface area (Å²) in [5.41, 5.74) is 0.491. The number of rotatable bonds is 7. The van der Waals surface area contributed by atoms with E-state index in [0.29, 0.717) is 33.7 Å². The second kappa shape index (κ2) is 8.82. The maximum atomic E-state index is 12.1. The summed E-state index contributed by atoms with van der Waals surface area (Å²) in [4.78, 5) is 12.1. The molecule has 0 aliphatic rings. The van der Waals surface area contributed by atoms with Crippen LogP contribution in [0.2, 0.25) is 5.02 Å². The molecule has 2 aromatic carbocycles. The first-order chi connectivity index (χ1) is 12.0. The van der Waals surface area contributed by atoms with Crippen molar-refractivity contribution >= 4 is 39.1 Å². The average molecular weight is 431 g/mol. The van der Waals surface area contributed by atoms with Gasteiger partial charge < -0.3 is 24.3 Å². The zero-order chi connectivity index (χ0) is 18.4. The van der Waals surface area contributed by atoms with Crippen molar-refractivity contribution in [3.8, 4) is 23.0 Å². The van der Waals surface area contributed by atoms with E-state index in [1.807, 2.05) is 0 Å². The lowest BCUT2D eigenvalue weighted by molar-refractivity contribution is -0.118. The number of anilines is 1. The van der Waals surface area contributed by atoms with E-state index in [1.165, 1.54) is 21.3 Å². The summed E-state index contributed by atoms with van der Waals surface area (Å²) in [6.07, 6.45) is 0. The molecule has 134 valence electrons. The van der Waals surface area contributed by atoms with E-state index in [0.717, 1.165) is 4.47 Å². The van der Waals surface area contributed by atoms with Crippen molar-refractivity contribution in [2.45, 2.75) is 0 Å². The van der Waals surface area contributed by atoms with E-state index in [-0.39, 0.29) is 12.5 Å². The number of methoxy groups -OCH3 is 3. The number of benzene rings is 2. The Morgan fingerprint density at radius 2 is 1.68 bits per heavy atom. The third-order valence-electron chi connectivity index (χ3n) is 3.20. The predicted molar refractivity (Wildman–Crippen MR) is 99.4 cm³/mol. The van der Waals surface area contributed by atoms with Gasteiger partial charge in [-0.1, -0.05) is 27.5 Å². The Balaban J connectivity index is 2.07. The maximum Gasteiger partial charge on any atom is 0.262 e. The Labute approximate surface area is 159 Å². The van der Waals surface area contributed by atoms with Crippen molar-refractivity contribution in [1.29, 1.82) is 0 Å². The van der Waals surface area contributed by atoms with Crippen LogP contribution in [0.1, 0.15) is 0 Å². The highest BCUT2D eigenvalue weighted by molar-refractivity contribution is 9.10. The molecule has 0 aliphatic carbocycles. The molecule has 2 aromatic rings. The van der Waals surface area contributed by atoms with E-state index in [2.05, 4.69) is 21.2 Å². The maximum absolute atomic E-state index is 12.1. The molecule has 0 aliphatic heterocycles. The lowest BCUT2D eigenvalue weighted by atomic mass is 10.2. The minimum atomic E-state index is -0.353. The molecule has 2 rings (SSSR count). The molecular weight excluding hydrogens is 414 g/mol. The van der Waals surface area contributed by atoms with Gasteiger partial charge in [0.1, 0.15) is 5.75 Å². The largest absolute Gasteiger partial charge is 0.493 e. The third kappa shape index (κ3) is 4.93. The van der Waals surface area contributed by atoms with Gasteiger partial charge in [-0.05, 0) is 18.2 Å². The molecule has 6 nitrogen and oxygen atoms in total. The Kier molecular flexibility index (Phi) is 6.78. The number of amides is 1. The summed E-state index contributed by atoms with van der Waals surface area (Å²) < 4.78 is 22.0. The molecular formula is C17H17BrClNO5. The van der Waals surface area contributed by atoms with Crippen molar-refractivity contribution < 1.29 is 23.7 Å². The fourth-order valence-electron chi connectivity index (χ4n) is 2.09. The van der Waals surface area contributed by atoms with Gasteiger partial charge in [0.25, 0.3) is 5.91 Å². The molecule has 1 amide bonds. The predicted octanol–water partition coefficient (Wildman–Crippen LogP) is 4.15. The monoisotopic (exact) mass is 429 g/mol. The normalized spacial score (nSPS) is 10.1. The van der Waals surface area contributed by atoms with Gasteiger partial charge in [0.15, 0.2) is 18.1 Å². The highest BCUT2D eigenvalue weighted by Crippen LogP contribution is 2.39. The van der Waals surface area contributed by atoms with Gasteiger partial charge in [-0.3, -0.25) is 4.79 Å². The van der Waals surface area contributed by atoms with E-state index >= 15 is 0 Å². The number of nitrogens with one attached hydrogen (secondary N) is 1. The van der Waals surface area contributed by atoms with Crippen molar-refractivity contribution in [3.63, 3.8) is 0 Å². The lowest BCUT2D eigenvalue weighted by Crippen LogP contribution is -2.20. The molecule has 8 heteroatoms. The third-order valence-corrected chi connectivity index (χ3v) is 3.99. The average Bonchev–Trinajstić information content (AvgIpc) is 2.60. The Morgan fingerprint density at radius 1 is 1.04 bits per heavy atom. The quantitative estimate of drug-likeness (QED) is 0.715. The molecule has 0 heterocycles. The molecule has 0 radical (unpaired) electrons. The molecule has 0 bridgehead atoms. The lowest BCUT2D eigenvalue weighted by Gasteiger charge is -2.15. The van der Waals surface area contributed by atoms with Crippen LogP contribution in [-0.4, -0.2) is 33.8 Å². The van der Waals surface area contributed by atoms with Crippen molar-refractivity contribution in [3.05, 3.63) is 39.8 Å². The minimum absolute atomic E-state index is 0.196. The molecule has 0 aromatic heterocycles. The van der Waals surface area contributed by atoms with E-state index in [1.54, 1.807) is 30.3 Å².